The third-order valence-corrected chi connectivity index (χ3v) is 5.59. The summed E-state index contributed by atoms with van der Waals surface area (Å²) in [6.45, 7) is 3.75. The number of aliphatic hydroxyl groups is 1. The molecule has 3 rings (SSSR count). The largest absolute Gasteiger partial charge is 0.493 e. The molecule has 3 aromatic carbocycles. The minimum absolute atomic E-state index is 0.178. The second-order valence-electron chi connectivity index (χ2n) is 7.94. The van der Waals surface area contributed by atoms with Crippen LogP contribution >= 0.6 is 11.6 Å². The first-order valence-corrected chi connectivity index (χ1v) is 11.6. The first-order valence-electron chi connectivity index (χ1n) is 11.2. The van der Waals surface area contributed by atoms with Crippen LogP contribution in [0.15, 0.2) is 66.7 Å². The van der Waals surface area contributed by atoms with Crippen LogP contribution in [0.1, 0.15) is 47.4 Å². The van der Waals surface area contributed by atoms with Crippen molar-refractivity contribution in [1.29, 1.82) is 0 Å². The van der Waals surface area contributed by atoms with Crippen LogP contribution < -0.4 is 10.1 Å². The van der Waals surface area contributed by atoms with Crippen molar-refractivity contribution in [2.24, 2.45) is 0 Å². The van der Waals surface area contributed by atoms with Gasteiger partial charge in [-0.15, -0.1) is 0 Å². The average molecular weight is 468 g/mol. The molecule has 0 radical (unpaired) electrons. The summed E-state index contributed by atoms with van der Waals surface area (Å²) in [5.41, 5.74) is 4.15. The van der Waals surface area contributed by atoms with E-state index in [1.807, 2.05) is 37.3 Å². The van der Waals surface area contributed by atoms with Gasteiger partial charge in [-0.25, -0.2) is 4.79 Å². The highest BCUT2D eigenvalue weighted by atomic mass is 35.5. The fourth-order valence-corrected chi connectivity index (χ4v) is 3.76. The monoisotopic (exact) mass is 467 g/mol. The second kappa shape index (κ2) is 12.4. The molecule has 0 saturated carbocycles. The molecule has 3 N–H and O–H groups in total. The smallest absolute Gasteiger partial charge is 0.339 e. The van der Waals surface area contributed by atoms with Gasteiger partial charge >= 0.3 is 5.97 Å². The number of hydrogen-bond acceptors (Lipinski definition) is 4. The molecular weight excluding hydrogens is 438 g/mol. The predicted molar refractivity (Wildman–Crippen MR) is 132 cm³/mol. The number of carboxylic acid groups (broad SMARTS) is 1. The summed E-state index contributed by atoms with van der Waals surface area (Å²) in [7, 11) is 0. The summed E-state index contributed by atoms with van der Waals surface area (Å²) in [4.78, 5) is 11.4. The molecule has 174 valence electrons. The topological polar surface area (TPSA) is 78.8 Å². The van der Waals surface area contributed by atoms with Gasteiger partial charge in [-0.05, 0) is 72.3 Å². The van der Waals surface area contributed by atoms with Crippen LogP contribution in [0.2, 0.25) is 5.02 Å². The van der Waals surface area contributed by atoms with Gasteiger partial charge in [0.1, 0.15) is 11.3 Å². The molecule has 33 heavy (non-hydrogen) atoms. The van der Waals surface area contributed by atoms with E-state index < -0.39 is 12.1 Å². The maximum Gasteiger partial charge on any atom is 0.339 e. The Morgan fingerprint density at radius 3 is 2.52 bits per heavy atom. The lowest BCUT2D eigenvalue weighted by atomic mass is 10.0. The van der Waals surface area contributed by atoms with E-state index in [1.165, 1.54) is 5.56 Å². The van der Waals surface area contributed by atoms with Crippen molar-refractivity contribution >= 4 is 17.6 Å². The maximum atomic E-state index is 11.4. The Balaban J connectivity index is 1.50. The van der Waals surface area contributed by atoms with E-state index in [-0.39, 0.29) is 5.56 Å². The molecule has 0 fully saturated rings. The van der Waals surface area contributed by atoms with Crippen LogP contribution in [-0.4, -0.2) is 35.9 Å². The van der Waals surface area contributed by atoms with E-state index in [4.69, 9.17) is 16.3 Å². The predicted octanol–water partition coefficient (Wildman–Crippen LogP) is 5.75. The third-order valence-electron chi connectivity index (χ3n) is 5.35. The number of benzene rings is 3. The number of hydrogen-bond donors (Lipinski definition) is 3. The van der Waals surface area contributed by atoms with Crippen molar-refractivity contribution < 1.29 is 19.7 Å². The van der Waals surface area contributed by atoms with E-state index in [0.29, 0.717) is 23.9 Å². The van der Waals surface area contributed by atoms with E-state index in [0.717, 1.165) is 42.5 Å². The molecule has 0 aliphatic rings. The number of halogens is 1. The molecule has 6 heteroatoms. The number of aromatic carboxylic acids is 1. The molecule has 3 aromatic rings. The summed E-state index contributed by atoms with van der Waals surface area (Å²) in [6, 6.07) is 20.8. The molecule has 1 atom stereocenters. The fourth-order valence-electron chi connectivity index (χ4n) is 3.56. The van der Waals surface area contributed by atoms with Crippen molar-refractivity contribution in [2.45, 2.75) is 32.3 Å². The fraction of sp³-hybridized carbons (Fsp3) is 0.296. The lowest BCUT2D eigenvalue weighted by molar-refractivity contribution is 0.0692. The zero-order chi connectivity index (χ0) is 23.6. The zero-order valence-corrected chi connectivity index (χ0v) is 19.5. The van der Waals surface area contributed by atoms with Crippen LogP contribution in [0.5, 0.6) is 5.75 Å². The van der Waals surface area contributed by atoms with Crippen LogP contribution in [-0.2, 0) is 6.42 Å². The number of ether oxygens (including phenoxy) is 1. The third kappa shape index (κ3) is 7.32. The van der Waals surface area contributed by atoms with Crippen molar-refractivity contribution in [3.8, 4) is 16.9 Å². The van der Waals surface area contributed by atoms with E-state index in [9.17, 15) is 15.0 Å². The van der Waals surface area contributed by atoms with Gasteiger partial charge < -0.3 is 20.3 Å². The van der Waals surface area contributed by atoms with E-state index in [2.05, 4.69) is 17.4 Å². The summed E-state index contributed by atoms with van der Waals surface area (Å²) >= 11 is 5.98. The Morgan fingerprint density at radius 1 is 1.06 bits per heavy atom. The first kappa shape index (κ1) is 24.8. The summed E-state index contributed by atoms with van der Waals surface area (Å²) in [5, 5.41) is 23.5. The van der Waals surface area contributed by atoms with E-state index in [1.54, 1.807) is 24.3 Å². The minimum atomic E-state index is -0.989. The quantitative estimate of drug-likeness (QED) is 0.295. The lowest BCUT2D eigenvalue weighted by Crippen LogP contribution is -2.22. The van der Waals surface area contributed by atoms with Gasteiger partial charge in [0, 0.05) is 11.6 Å². The van der Waals surface area contributed by atoms with Gasteiger partial charge in [-0.2, -0.15) is 0 Å². The Bertz CT molecular complexity index is 1050. The molecule has 0 heterocycles. The van der Waals surface area contributed by atoms with Gasteiger partial charge in [0.05, 0.1) is 12.7 Å². The van der Waals surface area contributed by atoms with Crippen LogP contribution in [0.25, 0.3) is 11.1 Å². The van der Waals surface area contributed by atoms with E-state index >= 15 is 0 Å². The van der Waals surface area contributed by atoms with Gasteiger partial charge in [-0.1, -0.05) is 61.0 Å². The highest BCUT2D eigenvalue weighted by Crippen LogP contribution is 2.28. The molecule has 0 saturated heterocycles. The van der Waals surface area contributed by atoms with Crippen molar-refractivity contribution in [2.75, 3.05) is 19.7 Å². The summed E-state index contributed by atoms with van der Waals surface area (Å²) in [5.74, 6) is -0.589. The molecule has 0 aromatic heterocycles. The molecular formula is C27H30ClNO4. The number of aliphatic hydroxyl groups excluding tert-OH is 1. The Hall–Kier alpha value is -2.86. The molecule has 0 aliphatic heterocycles. The summed E-state index contributed by atoms with van der Waals surface area (Å²) < 4.78 is 5.65. The Morgan fingerprint density at radius 2 is 1.82 bits per heavy atom. The van der Waals surface area contributed by atoms with Gasteiger partial charge in [0.25, 0.3) is 0 Å². The number of carboxylic acids is 1. The number of nitrogens with one attached hydrogen (secondary N) is 1. The summed E-state index contributed by atoms with van der Waals surface area (Å²) in [6.07, 6.45) is 2.10. The lowest BCUT2D eigenvalue weighted by Gasteiger charge is -2.13. The first-order chi connectivity index (χ1) is 16.0. The number of aryl methyl sites for hydroxylation is 1. The maximum absolute atomic E-state index is 11.4. The van der Waals surface area contributed by atoms with Crippen molar-refractivity contribution in [3.05, 3.63) is 88.4 Å². The Labute approximate surface area is 200 Å². The average Bonchev–Trinajstić information content (AvgIpc) is 2.82. The number of carbonyl (C=O) groups is 1. The SMILES string of the molecule is CCCOc1cc(-c2ccc(CCCNC[C@@H](O)c3cccc(Cl)c3)cc2)ccc1C(=O)O. The number of rotatable bonds is 12. The van der Waals surface area contributed by atoms with Crippen LogP contribution in [0, 0.1) is 0 Å². The molecule has 0 amide bonds. The molecule has 5 nitrogen and oxygen atoms in total. The second-order valence-corrected chi connectivity index (χ2v) is 8.38. The molecule has 0 spiro atoms. The molecule has 0 bridgehead atoms. The normalized spacial score (nSPS) is 11.8. The molecule has 0 unspecified atom stereocenters. The highest BCUT2D eigenvalue weighted by Gasteiger charge is 2.13. The standard InChI is InChI=1S/C27H30ClNO4/c1-2-15-33-26-17-21(12-13-24(26)27(31)32)20-10-8-19(9-11-20)5-4-14-29-18-25(30)22-6-3-7-23(28)16-22/h3,6-13,16-17,25,29-30H,2,4-5,14-15,18H2,1H3,(H,31,32)/t25-/m1/s1. The van der Waals surface area contributed by atoms with Crippen molar-refractivity contribution in [3.63, 3.8) is 0 Å². The highest BCUT2D eigenvalue weighted by molar-refractivity contribution is 6.30. The Kier molecular flexibility index (Phi) is 9.31. The van der Waals surface area contributed by atoms with Crippen LogP contribution in [0.4, 0.5) is 0 Å². The zero-order valence-electron chi connectivity index (χ0n) is 18.8. The van der Waals surface area contributed by atoms with Crippen molar-refractivity contribution in [1.82, 2.24) is 5.32 Å². The van der Waals surface area contributed by atoms with Gasteiger partial charge in [0.2, 0.25) is 0 Å². The minimum Gasteiger partial charge on any atom is -0.493 e. The van der Waals surface area contributed by atoms with Crippen LogP contribution in [0.3, 0.4) is 0 Å². The van der Waals surface area contributed by atoms with Gasteiger partial charge in [0.15, 0.2) is 0 Å². The molecule has 0 aliphatic carbocycles. The van der Waals surface area contributed by atoms with Gasteiger partial charge in [-0.3, -0.25) is 0 Å².